The molecule has 0 aliphatic carbocycles. The molecule has 0 aromatic rings. The van der Waals surface area contributed by atoms with Crippen LogP contribution < -0.4 is 0 Å². The molecule has 0 aromatic heterocycles. The summed E-state index contributed by atoms with van der Waals surface area (Å²) in [6.07, 6.45) is 132. The van der Waals surface area contributed by atoms with Gasteiger partial charge in [0.1, 0.15) is 25.4 Å². The quantitative estimate of drug-likeness (QED) is 0.0146. The Morgan fingerprint density at radius 1 is 0.228 bits per heavy atom. The van der Waals surface area contributed by atoms with E-state index in [0.29, 0.717) is 19.3 Å². The summed E-state index contributed by atoms with van der Waals surface area (Å²) < 4.78 is 61.7. The third-order valence-corrected chi connectivity index (χ3v) is 23.5. The highest BCUT2D eigenvalue weighted by Crippen LogP contribution is 2.45. The number of hydrogen-bond donors (Lipinski definition) is 4. The highest BCUT2D eigenvalue weighted by molar-refractivity contribution is 7.47. The largest absolute Gasteiger partial charge is 0.472 e. The lowest BCUT2D eigenvalue weighted by Gasteiger charge is -2.21. The lowest BCUT2D eigenvalue weighted by Crippen LogP contribution is -2.30. The zero-order valence-electron chi connectivity index (χ0n) is 80.6. The summed E-state index contributed by atoms with van der Waals surface area (Å²) in [6.45, 7) is 2.49. The fourth-order valence-corrected chi connectivity index (χ4v) is 15.5. The molecule has 0 bridgehead atoms. The van der Waals surface area contributed by atoms with Gasteiger partial charge in [-0.1, -0.05) is 434 Å². The smallest absolute Gasteiger partial charge is 0.463 e. The maximum absolute atomic E-state index is 13.1. The molecule has 0 fully saturated rings. The first kappa shape index (κ1) is 122. The number of aliphatic hydroxyl groups excluding tert-OH is 2. The van der Waals surface area contributed by atoms with Crippen molar-refractivity contribution in [1.82, 2.24) is 0 Å². The normalized spacial score (nSPS) is 14.4. The molecule has 0 amide bonds. The second-order valence-corrected chi connectivity index (χ2v) is 36.8. The molecule has 16 nitrogen and oxygen atoms in total. The van der Waals surface area contributed by atoms with Crippen LogP contribution in [-0.2, 0) is 55.8 Å². The number of carbonyl (C=O) groups is 3. The van der Waals surface area contributed by atoms with E-state index < -0.39 is 91.5 Å². The van der Waals surface area contributed by atoms with Gasteiger partial charge in [-0.15, -0.1) is 0 Å². The predicted molar refractivity (Wildman–Crippen MR) is 537 cm³/mol. The Morgan fingerprint density at radius 2 is 0.417 bits per heavy atom. The van der Waals surface area contributed by atoms with E-state index in [1.807, 2.05) is 0 Å². The molecule has 0 aromatic carbocycles. The van der Waals surface area contributed by atoms with E-state index in [9.17, 15) is 43.5 Å². The zero-order chi connectivity index (χ0) is 92.1. The van der Waals surface area contributed by atoms with Crippen molar-refractivity contribution < 1.29 is 75.8 Å². The molecule has 5 unspecified atom stereocenters. The summed E-state index contributed by atoms with van der Waals surface area (Å²) in [5, 5.41) is 20.8. The van der Waals surface area contributed by atoms with Gasteiger partial charge < -0.3 is 34.2 Å². The summed E-state index contributed by atoms with van der Waals surface area (Å²) in [6, 6.07) is 0. The zero-order valence-corrected chi connectivity index (χ0v) is 82.4. The van der Waals surface area contributed by atoms with E-state index in [-0.39, 0.29) is 19.3 Å². The molecule has 0 aliphatic heterocycles. The van der Waals surface area contributed by atoms with Crippen molar-refractivity contribution in [3.63, 3.8) is 0 Å². The van der Waals surface area contributed by atoms with Crippen molar-refractivity contribution in [2.24, 2.45) is 0 Å². The van der Waals surface area contributed by atoms with Crippen molar-refractivity contribution in [2.45, 2.75) is 450 Å². The van der Waals surface area contributed by atoms with Gasteiger partial charge in [-0.25, -0.2) is 9.13 Å². The van der Waals surface area contributed by atoms with E-state index in [1.54, 1.807) is 0 Å². The van der Waals surface area contributed by atoms with Crippen LogP contribution in [0.1, 0.15) is 432 Å². The maximum atomic E-state index is 13.1. The van der Waals surface area contributed by atoms with Crippen LogP contribution in [-0.4, -0.2) is 95.9 Å². The lowest BCUT2D eigenvalue weighted by atomic mass is 10.0. The molecule has 5 atom stereocenters. The van der Waals surface area contributed by atoms with Crippen LogP contribution in [0, 0.1) is 0 Å². The van der Waals surface area contributed by atoms with Crippen LogP contribution in [0.4, 0.5) is 0 Å². The molecule has 4 N–H and O–H groups in total. The van der Waals surface area contributed by atoms with Gasteiger partial charge in [0.2, 0.25) is 0 Å². The minimum absolute atomic E-state index is 0.0972. The summed E-state index contributed by atoms with van der Waals surface area (Å²) in [5.41, 5.74) is 0. The minimum Gasteiger partial charge on any atom is -0.463 e. The lowest BCUT2D eigenvalue weighted by molar-refractivity contribution is -0.161. The molecular formula is C109H186O16P2. The van der Waals surface area contributed by atoms with Gasteiger partial charge in [0.05, 0.1) is 26.4 Å². The predicted octanol–water partition coefficient (Wildman–Crippen LogP) is 32.3. The number of unbranched alkanes of at least 4 members (excludes halogenated alkanes) is 43. The Hall–Kier alpha value is -5.35. The van der Waals surface area contributed by atoms with E-state index in [2.05, 4.69) is 203 Å². The molecule has 0 radical (unpaired) electrons. The van der Waals surface area contributed by atoms with E-state index >= 15 is 0 Å². The summed E-state index contributed by atoms with van der Waals surface area (Å²) >= 11 is 0. The number of aliphatic hydroxyl groups is 2. The first-order valence-electron chi connectivity index (χ1n) is 51.1. The molecular weight excluding hydrogens is 1630 g/mol. The third-order valence-electron chi connectivity index (χ3n) is 21.6. The molecule has 728 valence electrons. The van der Waals surface area contributed by atoms with E-state index in [4.69, 9.17) is 32.3 Å². The summed E-state index contributed by atoms with van der Waals surface area (Å²) in [5.74, 6) is -1.57. The van der Waals surface area contributed by atoms with Crippen LogP contribution in [0.25, 0.3) is 0 Å². The Labute approximate surface area is 776 Å². The second kappa shape index (κ2) is 99.7. The molecule has 0 rings (SSSR count). The number of rotatable bonds is 96. The van der Waals surface area contributed by atoms with E-state index in [1.165, 1.54) is 205 Å². The van der Waals surface area contributed by atoms with Gasteiger partial charge in [0.25, 0.3) is 0 Å². The van der Waals surface area contributed by atoms with Gasteiger partial charge in [-0.3, -0.25) is 32.5 Å². The molecule has 0 aliphatic rings. The van der Waals surface area contributed by atoms with Gasteiger partial charge in [0, 0.05) is 19.3 Å². The number of carbonyl (C=O) groups excluding carboxylic acids is 3. The van der Waals surface area contributed by atoms with Crippen molar-refractivity contribution in [2.75, 3.05) is 39.6 Å². The third kappa shape index (κ3) is 101. The highest BCUT2D eigenvalue weighted by Gasteiger charge is 2.30. The minimum atomic E-state index is -4.95. The fraction of sp³-hybridized carbons (Fsp3) is 0.697. The summed E-state index contributed by atoms with van der Waals surface area (Å²) in [4.78, 5) is 59.2. The average Bonchev–Trinajstić information content (AvgIpc) is 0.899. The standard InChI is InChI=1S/C109H186O16P2/c1-4-7-10-13-16-19-22-25-28-31-34-37-40-43-46-48-50-51-53-55-57-59-62-65-68-71-74-77-80-83-86-89-92-95-107(112)119-98-104(110)99-121-126(115,116)122-100-105(111)101-123-127(117,118)124-103-106(125-109(114)97-94-91-88-85-82-79-76-73-70-67-64-61-56-45-42-39-36-33-30-27-24-21-18-15-12-9-6-3)102-120-108(113)96-93-90-87-84-81-78-75-72-69-66-63-60-58-54-52-49-47-44-41-38-35-32-29-26-23-20-17-14-11-8-5-2/h7,9-10,12,16-21,25-30,34-39,43-47,50-51,56,104-106,110-111H,4-6,8,11,13-15,22-24,31-33,40-42,48-49,52-55,57-103H2,1-3H3,(H,115,116)(H,117,118)/b10-7-,12-9-,19-16-,20-17-,21-18-,28-25-,29-26-,30-27-,37-34-,38-35-,39-36-,46-43-,47-44-,51-50-,56-45-. The molecule has 127 heavy (non-hydrogen) atoms. The highest BCUT2D eigenvalue weighted by atomic mass is 31.2. The van der Waals surface area contributed by atoms with Crippen molar-refractivity contribution in [1.29, 1.82) is 0 Å². The molecule has 0 spiro atoms. The van der Waals surface area contributed by atoms with Crippen molar-refractivity contribution in [3.8, 4) is 0 Å². The Morgan fingerprint density at radius 3 is 0.661 bits per heavy atom. The van der Waals surface area contributed by atoms with Gasteiger partial charge in [-0.2, -0.15) is 0 Å². The Kier molecular flexibility index (Phi) is 95.5. The average molecular weight is 1810 g/mol. The molecule has 0 saturated carbocycles. The first-order chi connectivity index (χ1) is 62.2. The van der Waals surface area contributed by atoms with Crippen LogP contribution in [0.2, 0.25) is 0 Å². The monoisotopic (exact) mass is 1810 g/mol. The topological polar surface area (TPSA) is 231 Å². The van der Waals surface area contributed by atoms with Crippen LogP contribution in [0.5, 0.6) is 0 Å². The number of esters is 3. The van der Waals surface area contributed by atoms with Crippen molar-refractivity contribution in [3.05, 3.63) is 182 Å². The van der Waals surface area contributed by atoms with Crippen LogP contribution >= 0.6 is 15.6 Å². The number of hydrogen-bond acceptors (Lipinski definition) is 14. The number of allylic oxidation sites excluding steroid dienone is 30. The van der Waals surface area contributed by atoms with Gasteiger partial charge in [-0.05, 0) is 161 Å². The summed E-state index contributed by atoms with van der Waals surface area (Å²) in [7, 11) is -9.82. The van der Waals surface area contributed by atoms with Crippen LogP contribution in [0.15, 0.2) is 182 Å². The van der Waals surface area contributed by atoms with Crippen molar-refractivity contribution >= 4 is 33.6 Å². The maximum Gasteiger partial charge on any atom is 0.472 e. The number of phosphoric ester groups is 2. The number of ether oxygens (including phenoxy) is 3. The second-order valence-electron chi connectivity index (χ2n) is 33.9. The van der Waals surface area contributed by atoms with Gasteiger partial charge >= 0.3 is 33.6 Å². The number of phosphoric acid groups is 2. The fourth-order valence-electron chi connectivity index (χ4n) is 13.9. The molecule has 18 heteroatoms. The Balaban J connectivity index is 4.61. The van der Waals surface area contributed by atoms with Crippen LogP contribution in [0.3, 0.4) is 0 Å². The first-order valence-corrected chi connectivity index (χ1v) is 54.1. The Bertz CT molecular complexity index is 3040. The molecule has 0 heterocycles. The van der Waals surface area contributed by atoms with Gasteiger partial charge in [0.15, 0.2) is 6.10 Å². The SMILES string of the molecule is CC/C=C\C/C=C\C/C=C\C/C=C\C/C=C\C/C=C\CCCCCCCCCCCCCCCCC(=O)OCC(O)COP(=O)(O)OCC(O)COP(=O)(O)OCC(COC(=O)CCCCCCCCCCCCCCCCC/C=C\C/C=C\C/C=C\C/C=C\CCCCC)OC(=O)CCCCCCCCCCCCC/C=C\C/C=C\C/C=C\C/C=C\C/C=C\CC. The van der Waals surface area contributed by atoms with E-state index in [0.717, 1.165) is 167 Å². The molecule has 0 saturated heterocycles.